The normalized spacial score (nSPS) is 11.9. The molecule has 0 heterocycles. The van der Waals surface area contributed by atoms with E-state index < -0.39 is 6.10 Å². The van der Waals surface area contributed by atoms with E-state index in [-0.39, 0.29) is 0 Å². The Balaban J connectivity index is 2.43. The third-order valence-electron chi connectivity index (χ3n) is 3.43. The highest BCUT2D eigenvalue weighted by molar-refractivity contribution is 5.51. The number of ether oxygens (including phenoxy) is 2. The van der Waals surface area contributed by atoms with Crippen LogP contribution in [0.2, 0.25) is 0 Å². The van der Waals surface area contributed by atoms with Gasteiger partial charge in [0.15, 0.2) is 0 Å². The Morgan fingerprint density at radius 2 is 1.76 bits per heavy atom. The van der Waals surface area contributed by atoms with E-state index in [4.69, 9.17) is 9.47 Å². The summed E-state index contributed by atoms with van der Waals surface area (Å²) in [6.07, 6.45) is -0.769. The summed E-state index contributed by atoms with van der Waals surface area (Å²) in [6, 6.07) is 13.2. The lowest BCUT2D eigenvalue weighted by Gasteiger charge is -2.19. The molecule has 0 bridgehead atoms. The van der Waals surface area contributed by atoms with Gasteiger partial charge in [-0.25, -0.2) is 0 Å². The number of aliphatic hydroxyl groups is 1. The first-order chi connectivity index (χ1) is 10.1. The summed E-state index contributed by atoms with van der Waals surface area (Å²) < 4.78 is 10.6. The van der Waals surface area contributed by atoms with E-state index in [1.807, 2.05) is 49.3 Å². The van der Waals surface area contributed by atoms with Gasteiger partial charge in [-0.1, -0.05) is 12.1 Å². The molecule has 0 amide bonds. The molecular formula is C17H21NO3. The summed E-state index contributed by atoms with van der Waals surface area (Å²) in [4.78, 5) is 2.00. The molecular weight excluding hydrogens is 266 g/mol. The summed E-state index contributed by atoms with van der Waals surface area (Å²) in [5, 5.41) is 10.7. The molecule has 2 aromatic rings. The summed E-state index contributed by atoms with van der Waals surface area (Å²) in [5.41, 5.74) is 2.54. The number of anilines is 1. The number of methoxy groups -OCH3 is 2. The molecule has 21 heavy (non-hydrogen) atoms. The van der Waals surface area contributed by atoms with Crippen LogP contribution < -0.4 is 14.4 Å². The highest BCUT2D eigenvalue weighted by Crippen LogP contribution is 2.33. The monoisotopic (exact) mass is 287 g/mol. The molecule has 0 aromatic heterocycles. The minimum Gasteiger partial charge on any atom is -0.497 e. The number of hydrogen-bond acceptors (Lipinski definition) is 4. The maximum atomic E-state index is 10.7. The largest absolute Gasteiger partial charge is 0.497 e. The molecule has 0 fully saturated rings. The Labute approximate surface area is 125 Å². The van der Waals surface area contributed by atoms with Gasteiger partial charge in [0.05, 0.1) is 14.2 Å². The van der Waals surface area contributed by atoms with Gasteiger partial charge in [0.2, 0.25) is 0 Å². The molecule has 0 spiro atoms. The van der Waals surface area contributed by atoms with E-state index in [9.17, 15) is 5.11 Å². The second-order valence-corrected chi connectivity index (χ2v) is 5.00. The Kier molecular flexibility index (Phi) is 4.70. The molecule has 1 atom stereocenters. The van der Waals surface area contributed by atoms with Crippen molar-refractivity contribution in [2.45, 2.75) is 6.10 Å². The summed E-state index contributed by atoms with van der Waals surface area (Å²) in [7, 11) is 7.13. The van der Waals surface area contributed by atoms with Crippen LogP contribution in [0.4, 0.5) is 5.69 Å². The zero-order valence-electron chi connectivity index (χ0n) is 12.8. The molecule has 1 N–H and O–H groups in total. The molecule has 112 valence electrons. The fraction of sp³-hybridized carbons (Fsp3) is 0.294. The van der Waals surface area contributed by atoms with Gasteiger partial charge in [-0.15, -0.1) is 0 Å². The number of nitrogens with zero attached hydrogens (tertiary/aromatic N) is 1. The fourth-order valence-electron chi connectivity index (χ4n) is 2.21. The van der Waals surface area contributed by atoms with Crippen molar-refractivity contribution >= 4 is 5.69 Å². The van der Waals surface area contributed by atoms with Crippen LogP contribution in [-0.4, -0.2) is 33.4 Å². The van der Waals surface area contributed by atoms with Crippen LogP contribution in [0.5, 0.6) is 11.5 Å². The maximum absolute atomic E-state index is 10.7. The molecule has 4 heteroatoms. The van der Waals surface area contributed by atoms with E-state index in [0.29, 0.717) is 17.1 Å². The van der Waals surface area contributed by atoms with E-state index >= 15 is 0 Å². The van der Waals surface area contributed by atoms with Gasteiger partial charge < -0.3 is 19.5 Å². The SMILES string of the molecule is COc1ccc(OC)c(C(O)c2cccc(N(C)C)c2)c1. The zero-order chi connectivity index (χ0) is 15.4. The van der Waals surface area contributed by atoms with Crippen LogP contribution in [0.1, 0.15) is 17.2 Å². The van der Waals surface area contributed by atoms with Gasteiger partial charge >= 0.3 is 0 Å². The van der Waals surface area contributed by atoms with Gasteiger partial charge in [0, 0.05) is 25.3 Å². The molecule has 0 aliphatic rings. The van der Waals surface area contributed by atoms with Crippen molar-refractivity contribution in [1.82, 2.24) is 0 Å². The molecule has 0 radical (unpaired) electrons. The first-order valence-corrected chi connectivity index (χ1v) is 6.74. The number of hydrogen-bond donors (Lipinski definition) is 1. The topological polar surface area (TPSA) is 41.9 Å². The Morgan fingerprint density at radius 1 is 1.00 bits per heavy atom. The number of benzene rings is 2. The smallest absolute Gasteiger partial charge is 0.125 e. The van der Waals surface area contributed by atoms with Crippen LogP contribution in [0, 0.1) is 0 Å². The average Bonchev–Trinajstić information content (AvgIpc) is 2.53. The first kappa shape index (κ1) is 15.2. The highest BCUT2D eigenvalue weighted by Gasteiger charge is 2.17. The van der Waals surface area contributed by atoms with E-state index in [0.717, 1.165) is 11.3 Å². The van der Waals surface area contributed by atoms with Crippen LogP contribution in [0.25, 0.3) is 0 Å². The van der Waals surface area contributed by atoms with Crippen LogP contribution in [-0.2, 0) is 0 Å². The van der Waals surface area contributed by atoms with Crippen LogP contribution in [0.3, 0.4) is 0 Å². The van der Waals surface area contributed by atoms with Gasteiger partial charge in [0.1, 0.15) is 17.6 Å². The zero-order valence-corrected chi connectivity index (χ0v) is 12.8. The van der Waals surface area contributed by atoms with Crippen LogP contribution >= 0.6 is 0 Å². The Hall–Kier alpha value is -2.20. The van der Waals surface area contributed by atoms with Crippen LogP contribution in [0.15, 0.2) is 42.5 Å². The minimum absolute atomic E-state index is 0.638. The standard InChI is InChI=1S/C17H21NO3/c1-18(2)13-7-5-6-12(10-13)17(19)15-11-14(20-3)8-9-16(15)21-4/h5-11,17,19H,1-4H3. The Bertz CT molecular complexity index is 611. The maximum Gasteiger partial charge on any atom is 0.125 e. The van der Waals surface area contributed by atoms with Gasteiger partial charge in [-0.3, -0.25) is 0 Å². The minimum atomic E-state index is -0.769. The molecule has 0 aliphatic carbocycles. The van der Waals surface area contributed by atoms with Gasteiger partial charge in [0.25, 0.3) is 0 Å². The molecule has 2 rings (SSSR count). The number of rotatable bonds is 5. The van der Waals surface area contributed by atoms with E-state index in [1.165, 1.54) is 0 Å². The molecule has 1 unspecified atom stereocenters. The quantitative estimate of drug-likeness (QED) is 0.918. The number of aliphatic hydroxyl groups excluding tert-OH is 1. The predicted molar refractivity (Wildman–Crippen MR) is 84.4 cm³/mol. The van der Waals surface area contributed by atoms with Crippen molar-refractivity contribution < 1.29 is 14.6 Å². The molecule has 4 nitrogen and oxygen atoms in total. The third-order valence-corrected chi connectivity index (χ3v) is 3.43. The van der Waals surface area contributed by atoms with E-state index in [1.54, 1.807) is 26.4 Å². The van der Waals surface area contributed by atoms with Crippen molar-refractivity contribution in [3.63, 3.8) is 0 Å². The predicted octanol–water partition coefficient (Wildman–Crippen LogP) is 2.85. The molecule has 2 aromatic carbocycles. The summed E-state index contributed by atoms with van der Waals surface area (Å²) >= 11 is 0. The molecule has 0 aliphatic heterocycles. The third kappa shape index (κ3) is 3.28. The van der Waals surface area contributed by atoms with Crippen molar-refractivity contribution in [2.24, 2.45) is 0 Å². The van der Waals surface area contributed by atoms with Crippen molar-refractivity contribution in [1.29, 1.82) is 0 Å². The van der Waals surface area contributed by atoms with Crippen molar-refractivity contribution in [3.8, 4) is 11.5 Å². The molecule has 0 saturated heterocycles. The fourth-order valence-corrected chi connectivity index (χ4v) is 2.21. The lowest BCUT2D eigenvalue weighted by atomic mass is 9.99. The van der Waals surface area contributed by atoms with Gasteiger partial charge in [-0.05, 0) is 35.9 Å². The highest BCUT2D eigenvalue weighted by atomic mass is 16.5. The van der Waals surface area contributed by atoms with Crippen molar-refractivity contribution in [2.75, 3.05) is 33.2 Å². The second-order valence-electron chi connectivity index (χ2n) is 5.00. The first-order valence-electron chi connectivity index (χ1n) is 6.74. The van der Waals surface area contributed by atoms with Crippen molar-refractivity contribution in [3.05, 3.63) is 53.6 Å². The second kappa shape index (κ2) is 6.50. The lowest BCUT2D eigenvalue weighted by Crippen LogP contribution is -2.10. The lowest BCUT2D eigenvalue weighted by molar-refractivity contribution is 0.214. The summed E-state index contributed by atoms with van der Waals surface area (Å²) in [6.45, 7) is 0. The van der Waals surface area contributed by atoms with E-state index in [2.05, 4.69) is 0 Å². The Morgan fingerprint density at radius 3 is 2.38 bits per heavy atom. The summed E-state index contributed by atoms with van der Waals surface area (Å²) in [5.74, 6) is 1.33. The van der Waals surface area contributed by atoms with Gasteiger partial charge in [-0.2, -0.15) is 0 Å². The molecule has 0 saturated carbocycles. The average molecular weight is 287 g/mol.